The normalized spacial score (nSPS) is 15.4. The summed E-state index contributed by atoms with van der Waals surface area (Å²) < 4.78 is 2.29. The predicted octanol–water partition coefficient (Wildman–Crippen LogP) is 5.57. The molecule has 1 aliphatic rings. The number of aromatic nitrogens is 3. The smallest absolute Gasteiger partial charge is 0.275 e. The number of hydrogen-bond acceptors (Lipinski definition) is 5. The van der Waals surface area contributed by atoms with Gasteiger partial charge in [-0.2, -0.15) is 0 Å². The third kappa shape index (κ3) is 3.37. The maximum atomic E-state index is 13.4. The Labute approximate surface area is 185 Å². The van der Waals surface area contributed by atoms with E-state index in [1.807, 2.05) is 38.4 Å². The molecule has 156 valence electrons. The third-order valence-corrected chi connectivity index (χ3v) is 6.76. The Balaban J connectivity index is 1.74. The topological polar surface area (TPSA) is 51.0 Å². The van der Waals surface area contributed by atoms with Gasteiger partial charge in [-0.05, 0) is 24.0 Å². The first-order valence-corrected chi connectivity index (χ1v) is 11.1. The molecule has 0 radical (unpaired) electrons. The molecule has 6 heteroatoms. The van der Waals surface area contributed by atoms with Crippen LogP contribution in [0.5, 0.6) is 0 Å². The van der Waals surface area contributed by atoms with E-state index in [-0.39, 0.29) is 11.0 Å². The van der Waals surface area contributed by atoms with E-state index < -0.39 is 0 Å². The van der Waals surface area contributed by atoms with Gasteiger partial charge in [-0.1, -0.05) is 56.3 Å². The van der Waals surface area contributed by atoms with Crippen LogP contribution in [-0.4, -0.2) is 28.6 Å². The highest BCUT2D eigenvalue weighted by molar-refractivity contribution is 7.25. The van der Waals surface area contributed by atoms with E-state index in [0.717, 1.165) is 44.8 Å². The predicted molar refractivity (Wildman–Crippen MR) is 131 cm³/mol. The Bertz CT molecular complexity index is 1420. The van der Waals surface area contributed by atoms with Crippen LogP contribution >= 0.6 is 11.3 Å². The van der Waals surface area contributed by atoms with E-state index in [2.05, 4.69) is 49.1 Å². The minimum atomic E-state index is -0.0467. The van der Waals surface area contributed by atoms with Crippen LogP contribution in [0.15, 0.2) is 65.7 Å². The van der Waals surface area contributed by atoms with Crippen molar-refractivity contribution in [2.24, 2.45) is 5.41 Å². The second-order valence-corrected chi connectivity index (χ2v) is 9.82. The lowest BCUT2D eigenvalue weighted by atomic mass is 9.85. The average Bonchev–Trinajstić information content (AvgIpc) is 3.14. The molecule has 0 spiro atoms. The zero-order valence-electron chi connectivity index (χ0n) is 18.1. The number of allylic oxidation sites excluding steroid dienone is 4. The Morgan fingerprint density at radius 1 is 1.16 bits per heavy atom. The minimum Gasteiger partial charge on any atom is -0.377 e. The molecule has 4 aromatic rings. The SMILES string of the molecule is CN(C)c1cc(-c2ccccc2)nc2sc3c(=O)n(C4=CCC(C)(C)C=C4)cnc3c12. The quantitative estimate of drug-likeness (QED) is 0.428. The Morgan fingerprint density at radius 2 is 1.94 bits per heavy atom. The Morgan fingerprint density at radius 3 is 2.61 bits per heavy atom. The summed E-state index contributed by atoms with van der Waals surface area (Å²) in [5.74, 6) is 0. The van der Waals surface area contributed by atoms with Gasteiger partial charge in [-0.3, -0.25) is 9.36 Å². The lowest BCUT2D eigenvalue weighted by molar-refractivity contribution is 0.484. The van der Waals surface area contributed by atoms with E-state index in [4.69, 9.17) is 9.97 Å². The number of anilines is 1. The van der Waals surface area contributed by atoms with Crippen molar-refractivity contribution in [3.05, 3.63) is 71.3 Å². The molecule has 0 amide bonds. The van der Waals surface area contributed by atoms with Crippen molar-refractivity contribution in [2.45, 2.75) is 20.3 Å². The highest BCUT2D eigenvalue weighted by Crippen LogP contribution is 2.38. The third-order valence-electron chi connectivity index (χ3n) is 5.70. The second kappa shape index (κ2) is 7.17. The molecule has 3 heterocycles. The molecule has 31 heavy (non-hydrogen) atoms. The van der Waals surface area contributed by atoms with Crippen molar-refractivity contribution < 1.29 is 0 Å². The summed E-state index contributed by atoms with van der Waals surface area (Å²) in [6, 6.07) is 12.2. The molecule has 0 fully saturated rings. The highest BCUT2D eigenvalue weighted by atomic mass is 32.1. The van der Waals surface area contributed by atoms with E-state index in [1.165, 1.54) is 11.3 Å². The van der Waals surface area contributed by atoms with Gasteiger partial charge in [0, 0.05) is 25.4 Å². The molecule has 5 nitrogen and oxygen atoms in total. The lowest BCUT2D eigenvalue weighted by Crippen LogP contribution is -2.20. The molecule has 3 aromatic heterocycles. The van der Waals surface area contributed by atoms with Crippen LogP contribution in [0.3, 0.4) is 0 Å². The first-order chi connectivity index (χ1) is 14.8. The number of hydrogen-bond donors (Lipinski definition) is 0. The maximum absolute atomic E-state index is 13.4. The van der Waals surface area contributed by atoms with E-state index >= 15 is 0 Å². The summed E-state index contributed by atoms with van der Waals surface area (Å²) in [5.41, 5.74) is 4.62. The molecule has 0 aliphatic heterocycles. The van der Waals surface area contributed by atoms with Gasteiger partial charge in [0.05, 0.1) is 16.8 Å². The van der Waals surface area contributed by atoms with Crippen molar-refractivity contribution in [3.63, 3.8) is 0 Å². The van der Waals surface area contributed by atoms with Gasteiger partial charge >= 0.3 is 0 Å². The molecule has 0 N–H and O–H groups in total. The van der Waals surface area contributed by atoms with Crippen LogP contribution in [0.25, 0.3) is 37.4 Å². The summed E-state index contributed by atoms with van der Waals surface area (Å²) in [7, 11) is 4.02. The minimum absolute atomic E-state index is 0.0467. The zero-order valence-corrected chi connectivity index (χ0v) is 18.9. The number of fused-ring (bicyclic) bond motifs is 3. The van der Waals surface area contributed by atoms with Crippen LogP contribution in [0.1, 0.15) is 20.3 Å². The van der Waals surface area contributed by atoms with Gasteiger partial charge in [0.2, 0.25) is 0 Å². The van der Waals surface area contributed by atoms with Gasteiger partial charge < -0.3 is 4.90 Å². The highest BCUT2D eigenvalue weighted by Gasteiger charge is 2.21. The van der Waals surface area contributed by atoms with Crippen LogP contribution in [0.4, 0.5) is 5.69 Å². The summed E-state index contributed by atoms with van der Waals surface area (Å²) >= 11 is 1.42. The fraction of sp³-hybridized carbons (Fsp3) is 0.240. The first-order valence-electron chi connectivity index (χ1n) is 10.3. The molecule has 0 bridgehead atoms. The van der Waals surface area contributed by atoms with Crippen LogP contribution in [-0.2, 0) is 0 Å². The van der Waals surface area contributed by atoms with E-state index in [0.29, 0.717) is 4.70 Å². The molecule has 0 unspecified atom stereocenters. The van der Waals surface area contributed by atoms with Gasteiger partial charge in [0.1, 0.15) is 21.4 Å². The van der Waals surface area contributed by atoms with Crippen molar-refractivity contribution in [3.8, 4) is 11.3 Å². The van der Waals surface area contributed by atoms with Gasteiger partial charge in [-0.15, -0.1) is 11.3 Å². The average molecular weight is 429 g/mol. The van der Waals surface area contributed by atoms with Gasteiger partial charge in [0.25, 0.3) is 5.56 Å². The summed E-state index contributed by atoms with van der Waals surface area (Å²) in [4.78, 5) is 25.9. The zero-order chi connectivity index (χ0) is 21.8. The number of nitrogens with zero attached hydrogens (tertiary/aromatic N) is 4. The van der Waals surface area contributed by atoms with Crippen LogP contribution < -0.4 is 10.5 Å². The molecule has 1 aliphatic carbocycles. The first kappa shape index (κ1) is 19.7. The molecule has 0 saturated heterocycles. The largest absolute Gasteiger partial charge is 0.377 e. The Hall–Kier alpha value is -3.25. The van der Waals surface area contributed by atoms with Crippen molar-refractivity contribution in [1.29, 1.82) is 0 Å². The second-order valence-electron chi connectivity index (χ2n) is 8.82. The molecular formula is C25H24N4OS. The molecule has 0 atom stereocenters. The monoisotopic (exact) mass is 428 g/mol. The molecule has 1 aromatic carbocycles. The fourth-order valence-electron chi connectivity index (χ4n) is 3.90. The van der Waals surface area contributed by atoms with Crippen molar-refractivity contribution in [2.75, 3.05) is 19.0 Å². The molecule has 5 rings (SSSR count). The molecule has 0 saturated carbocycles. The number of pyridine rings is 1. The van der Waals surface area contributed by atoms with E-state index in [1.54, 1.807) is 10.9 Å². The number of rotatable bonds is 3. The number of benzene rings is 1. The lowest BCUT2D eigenvalue weighted by Gasteiger charge is -2.23. The number of thiophene rings is 1. The van der Waals surface area contributed by atoms with Gasteiger partial charge in [0.15, 0.2) is 0 Å². The standard InChI is InChI=1S/C25H24N4OS/c1-25(2)12-10-17(11-13-25)29-15-26-21-20-19(28(3)4)14-18(16-8-6-5-7-9-16)27-23(20)31-22(21)24(29)30/h5-12,14-15H,13H2,1-4H3. The van der Waals surface area contributed by atoms with Crippen molar-refractivity contribution >= 4 is 43.2 Å². The van der Waals surface area contributed by atoms with Crippen molar-refractivity contribution in [1.82, 2.24) is 14.5 Å². The van der Waals surface area contributed by atoms with Crippen LogP contribution in [0.2, 0.25) is 0 Å². The van der Waals surface area contributed by atoms with Gasteiger partial charge in [-0.25, -0.2) is 9.97 Å². The fourth-order valence-corrected chi connectivity index (χ4v) is 4.97. The Kier molecular flexibility index (Phi) is 4.55. The summed E-state index contributed by atoms with van der Waals surface area (Å²) in [6.45, 7) is 4.37. The summed E-state index contributed by atoms with van der Waals surface area (Å²) in [5, 5.41) is 0.934. The molecular weight excluding hydrogens is 404 g/mol. The maximum Gasteiger partial charge on any atom is 0.275 e. The van der Waals surface area contributed by atoms with E-state index in [9.17, 15) is 4.79 Å². The summed E-state index contributed by atoms with van der Waals surface area (Å²) in [6.07, 6.45) is 8.82. The van der Waals surface area contributed by atoms with Crippen LogP contribution in [0, 0.1) is 5.41 Å².